The first-order chi connectivity index (χ1) is 13.5. The van der Waals surface area contributed by atoms with Gasteiger partial charge in [-0.05, 0) is 56.4 Å². The molecule has 0 atom stereocenters. The fraction of sp³-hybridized carbons (Fsp3) is 0.364. The van der Waals surface area contributed by atoms with Crippen LogP contribution in [-0.4, -0.2) is 55.6 Å². The van der Waals surface area contributed by atoms with Crippen LogP contribution in [0.4, 0.5) is 10.5 Å². The number of rotatable bonds is 7. The number of carbonyl (C=O) groups excluding carboxylic acids is 2. The molecule has 0 aliphatic carbocycles. The third-order valence-corrected chi connectivity index (χ3v) is 4.75. The Labute approximate surface area is 166 Å². The normalized spacial score (nSPS) is 13.7. The van der Waals surface area contributed by atoms with Gasteiger partial charge in [-0.1, -0.05) is 24.3 Å². The molecule has 1 saturated heterocycles. The molecule has 2 aromatic rings. The summed E-state index contributed by atoms with van der Waals surface area (Å²) in [5, 5.41) is 0. The molecule has 1 fully saturated rings. The second-order valence-electron chi connectivity index (χ2n) is 7.19. The van der Waals surface area contributed by atoms with E-state index in [-0.39, 0.29) is 12.0 Å². The maximum absolute atomic E-state index is 12.9. The second-order valence-corrected chi connectivity index (χ2v) is 7.19. The number of hydrogen-bond acceptors (Lipinski definition) is 4. The van der Waals surface area contributed by atoms with Gasteiger partial charge in [0.2, 0.25) is 0 Å². The zero-order valence-electron chi connectivity index (χ0n) is 16.7. The van der Waals surface area contributed by atoms with Gasteiger partial charge in [0.15, 0.2) is 0 Å². The summed E-state index contributed by atoms with van der Waals surface area (Å²) in [6.07, 6.45) is -0.341. The maximum atomic E-state index is 12.9. The number of carbonyl (C=O) groups is 2. The highest BCUT2D eigenvalue weighted by atomic mass is 16.6. The summed E-state index contributed by atoms with van der Waals surface area (Å²) >= 11 is 0. The molecule has 0 spiro atoms. The van der Waals surface area contributed by atoms with Crippen LogP contribution in [0.1, 0.15) is 28.4 Å². The van der Waals surface area contributed by atoms with Crippen molar-refractivity contribution in [2.24, 2.45) is 0 Å². The zero-order valence-corrected chi connectivity index (χ0v) is 16.7. The van der Waals surface area contributed by atoms with Crippen LogP contribution in [0, 0.1) is 0 Å². The quantitative estimate of drug-likeness (QED) is 0.738. The largest absolute Gasteiger partial charge is 0.447 e. The maximum Gasteiger partial charge on any atom is 0.414 e. The molecule has 1 aliphatic heterocycles. The highest BCUT2D eigenvalue weighted by Gasteiger charge is 2.24. The smallest absolute Gasteiger partial charge is 0.414 e. The van der Waals surface area contributed by atoms with Crippen LogP contribution in [0.2, 0.25) is 0 Å². The molecule has 0 aromatic heterocycles. The van der Waals surface area contributed by atoms with Crippen LogP contribution in [0.15, 0.2) is 48.5 Å². The minimum Gasteiger partial charge on any atom is -0.447 e. The van der Waals surface area contributed by atoms with Gasteiger partial charge in [-0.3, -0.25) is 9.69 Å². The Balaban J connectivity index is 1.66. The summed E-state index contributed by atoms with van der Waals surface area (Å²) in [6.45, 7) is 5.00. The van der Waals surface area contributed by atoms with Gasteiger partial charge >= 0.3 is 6.09 Å². The van der Waals surface area contributed by atoms with Crippen LogP contribution in [0.3, 0.4) is 0 Å². The first-order valence-electron chi connectivity index (χ1n) is 9.54. The topological polar surface area (TPSA) is 53.1 Å². The molecule has 1 heterocycles. The van der Waals surface area contributed by atoms with E-state index >= 15 is 0 Å². The van der Waals surface area contributed by atoms with Crippen molar-refractivity contribution in [1.82, 2.24) is 9.80 Å². The fourth-order valence-corrected chi connectivity index (χ4v) is 3.26. The van der Waals surface area contributed by atoms with Crippen LogP contribution < -0.4 is 4.90 Å². The van der Waals surface area contributed by atoms with Crippen molar-refractivity contribution >= 4 is 17.7 Å². The number of nitrogens with zero attached hydrogens (tertiary/aromatic N) is 3. The van der Waals surface area contributed by atoms with Gasteiger partial charge in [0.25, 0.3) is 5.91 Å². The summed E-state index contributed by atoms with van der Waals surface area (Å²) < 4.78 is 4.96. The van der Waals surface area contributed by atoms with E-state index < -0.39 is 0 Å². The Morgan fingerprint density at radius 1 is 1.00 bits per heavy atom. The predicted octanol–water partition coefficient (Wildman–Crippen LogP) is 3.37. The molecule has 0 bridgehead atoms. The molecule has 2 amide bonds. The Kier molecular flexibility index (Phi) is 6.31. The Bertz CT molecular complexity index is 816. The van der Waals surface area contributed by atoms with Gasteiger partial charge < -0.3 is 14.5 Å². The minimum absolute atomic E-state index is 0.0181. The average molecular weight is 381 g/mol. The SMILES string of the molecule is CCN(Cc1ccc(CN(C)C)cc1)C(=O)c1ccc(N2CCOC2=O)cc1. The molecule has 6 nitrogen and oxygen atoms in total. The van der Waals surface area contributed by atoms with Gasteiger partial charge in [0, 0.05) is 30.9 Å². The third kappa shape index (κ3) is 4.70. The van der Waals surface area contributed by atoms with Crippen molar-refractivity contribution in [2.45, 2.75) is 20.0 Å². The summed E-state index contributed by atoms with van der Waals surface area (Å²) in [7, 11) is 4.09. The summed E-state index contributed by atoms with van der Waals surface area (Å²) in [4.78, 5) is 30.1. The standard InChI is InChI=1S/C22H27N3O3/c1-4-24(16-18-7-5-17(6-8-18)15-23(2)3)21(26)19-9-11-20(12-10-19)25-13-14-28-22(25)27/h5-12H,4,13-16H2,1-3H3. The molecule has 1 aliphatic rings. The summed E-state index contributed by atoms with van der Waals surface area (Å²) in [6, 6.07) is 15.5. The molecule has 0 N–H and O–H groups in total. The Hall–Kier alpha value is -2.86. The molecule has 0 saturated carbocycles. The highest BCUT2D eigenvalue weighted by Crippen LogP contribution is 2.20. The molecular weight excluding hydrogens is 354 g/mol. The van der Waals surface area contributed by atoms with Gasteiger partial charge in [0.1, 0.15) is 6.61 Å². The average Bonchev–Trinajstić information content (AvgIpc) is 3.12. The first-order valence-corrected chi connectivity index (χ1v) is 9.54. The van der Waals surface area contributed by atoms with Crippen LogP contribution >= 0.6 is 0 Å². The Morgan fingerprint density at radius 2 is 1.61 bits per heavy atom. The first kappa shape index (κ1) is 19.9. The van der Waals surface area contributed by atoms with E-state index in [1.807, 2.05) is 25.9 Å². The lowest BCUT2D eigenvalue weighted by Crippen LogP contribution is -2.30. The van der Waals surface area contributed by atoms with Gasteiger partial charge in [-0.25, -0.2) is 4.79 Å². The van der Waals surface area contributed by atoms with Crippen LogP contribution in [-0.2, 0) is 17.8 Å². The molecular formula is C22H27N3O3. The van der Waals surface area contributed by atoms with Crippen LogP contribution in [0.25, 0.3) is 0 Å². The zero-order chi connectivity index (χ0) is 20.1. The summed E-state index contributed by atoms with van der Waals surface area (Å²) in [5.41, 5.74) is 3.72. The van der Waals surface area contributed by atoms with Crippen molar-refractivity contribution < 1.29 is 14.3 Å². The summed E-state index contributed by atoms with van der Waals surface area (Å²) in [5.74, 6) is -0.0181. The Morgan fingerprint density at radius 3 is 2.11 bits per heavy atom. The van der Waals surface area contributed by atoms with Crippen molar-refractivity contribution in [1.29, 1.82) is 0 Å². The van der Waals surface area contributed by atoms with Gasteiger partial charge in [0.05, 0.1) is 6.54 Å². The molecule has 0 radical (unpaired) electrons. The molecule has 148 valence electrons. The number of benzene rings is 2. The number of hydrogen-bond donors (Lipinski definition) is 0. The van der Waals surface area contributed by atoms with Gasteiger partial charge in [-0.15, -0.1) is 0 Å². The van der Waals surface area contributed by atoms with Crippen molar-refractivity contribution in [3.05, 3.63) is 65.2 Å². The van der Waals surface area contributed by atoms with E-state index in [2.05, 4.69) is 29.2 Å². The lowest BCUT2D eigenvalue weighted by molar-refractivity contribution is 0.0752. The third-order valence-electron chi connectivity index (χ3n) is 4.75. The highest BCUT2D eigenvalue weighted by molar-refractivity contribution is 5.95. The van der Waals surface area contributed by atoms with E-state index in [4.69, 9.17) is 4.74 Å². The van der Waals surface area contributed by atoms with Crippen molar-refractivity contribution in [3.8, 4) is 0 Å². The number of ether oxygens (including phenoxy) is 1. The van der Waals surface area contributed by atoms with E-state index in [0.29, 0.717) is 31.8 Å². The fourth-order valence-electron chi connectivity index (χ4n) is 3.26. The second kappa shape index (κ2) is 8.89. The molecule has 3 rings (SSSR count). The molecule has 6 heteroatoms. The monoisotopic (exact) mass is 381 g/mol. The van der Waals surface area contributed by atoms with E-state index in [1.54, 1.807) is 29.2 Å². The van der Waals surface area contributed by atoms with Gasteiger partial charge in [-0.2, -0.15) is 0 Å². The van der Waals surface area contributed by atoms with Crippen LogP contribution in [0.5, 0.6) is 0 Å². The number of cyclic esters (lactones) is 1. The van der Waals surface area contributed by atoms with Crippen molar-refractivity contribution in [3.63, 3.8) is 0 Å². The molecule has 2 aromatic carbocycles. The minimum atomic E-state index is -0.341. The van der Waals surface area contributed by atoms with E-state index in [0.717, 1.165) is 17.8 Å². The van der Waals surface area contributed by atoms with E-state index in [9.17, 15) is 9.59 Å². The van der Waals surface area contributed by atoms with E-state index in [1.165, 1.54) is 5.56 Å². The molecule has 28 heavy (non-hydrogen) atoms. The lowest BCUT2D eigenvalue weighted by atomic mass is 10.1. The lowest BCUT2D eigenvalue weighted by Gasteiger charge is -2.22. The van der Waals surface area contributed by atoms with Crippen molar-refractivity contribution in [2.75, 3.05) is 38.7 Å². The number of amides is 2. The number of anilines is 1. The predicted molar refractivity (Wildman–Crippen MR) is 109 cm³/mol. The molecule has 0 unspecified atom stereocenters.